The fraction of sp³-hybridized carbons (Fsp3) is 0.824. The van der Waals surface area contributed by atoms with E-state index in [9.17, 15) is 9.18 Å². The standard InChI is InChI=1S/C17H27BFNO3/c1-16(2)17(3,4)23-18(22-16)15(19)12-7-9-13(10-8-12)20-11-5-6-14(20)21/h13H,5-11H2,1-4H3. The Labute approximate surface area is 138 Å². The van der Waals surface area contributed by atoms with Crippen molar-refractivity contribution in [2.24, 2.45) is 0 Å². The Balaban J connectivity index is 1.64. The third-order valence-electron chi connectivity index (χ3n) is 5.91. The third-order valence-corrected chi connectivity index (χ3v) is 5.91. The quantitative estimate of drug-likeness (QED) is 0.731. The lowest BCUT2D eigenvalue weighted by Gasteiger charge is -2.32. The van der Waals surface area contributed by atoms with Crippen molar-refractivity contribution < 1.29 is 18.5 Å². The topological polar surface area (TPSA) is 38.8 Å². The first-order valence-corrected chi connectivity index (χ1v) is 8.74. The van der Waals surface area contributed by atoms with Crippen LogP contribution in [0.4, 0.5) is 4.39 Å². The Bertz CT molecular complexity index is 506. The predicted octanol–water partition coefficient (Wildman–Crippen LogP) is 3.41. The van der Waals surface area contributed by atoms with Gasteiger partial charge in [0.15, 0.2) is 0 Å². The van der Waals surface area contributed by atoms with Crippen LogP contribution in [0, 0.1) is 0 Å². The summed E-state index contributed by atoms with van der Waals surface area (Å²) in [5.41, 5.74) is -0.495. The van der Waals surface area contributed by atoms with Crippen LogP contribution in [0.25, 0.3) is 0 Å². The predicted molar refractivity (Wildman–Crippen MR) is 87.4 cm³/mol. The highest BCUT2D eigenvalue weighted by atomic mass is 19.1. The first kappa shape index (κ1) is 17.0. The molecule has 2 aliphatic heterocycles. The maximum Gasteiger partial charge on any atom is 0.525 e. The van der Waals surface area contributed by atoms with Gasteiger partial charge in [0, 0.05) is 19.0 Å². The Hall–Kier alpha value is -0.875. The van der Waals surface area contributed by atoms with E-state index >= 15 is 0 Å². The van der Waals surface area contributed by atoms with Crippen molar-refractivity contribution in [1.29, 1.82) is 0 Å². The summed E-state index contributed by atoms with van der Waals surface area (Å²) in [7, 11) is -0.889. The van der Waals surface area contributed by atoms with Gasteiger partial charge in [-0.25, -0.2) is 4.39 Å². The summed E-state index contributed by atoms with van der Waals surface area (Å²) >= 11 is 0. The van der Waals surface area contributed by atoms with Crippen LogP contribution in [-0.4, -0.2) is 41.7 Å². The van der Waals surface area contributed by atoms with Gasteiger partial charge in [-0.1, -0.05) is 0 Å². The summed E-state index contributed by atoms with van der Waals surface area (Å²) in [6.07, 6.45) is 4.68. The zero-order valence-corrected chi connectivity index (χ0v) is 14.7. The molecule has 3 aliphatic rings. The Kier molecular flexibility index (Phi) is 4.34. The fourth-order valence-electron chi connectivity index (χ4n) is 3.67. The van der Waals surface area contributed by atoms with E-state index in [-0.39, 0.29) is 17.7 Å². The van der Waals surface area contributed by atoms with Gasteiger partial charge in [-0.2, -0.15) is 0 Å². The van der Waals surface area contributed by atoms with Crippen LogP contribution in [-0.2, 0) is 14.1 Å². The molecule has 2 heterocycles. The highest BCUT2D eigenvalue weighted by molar-refractivity contribution is 6.53. The maximum absolute atomic E-state index is 14.8. The van der Waals surface area contributed by atoms with E-state index in [1.165, 1.54) is 0 Å². The van der Waals surface area contributed by atoms with E-state index in [0.29, 0.717) is 19.3 Å². The van der Waals surface area contributed by atoms with Gasteiger partial charge in [-0.05, 0) is 65.4 Å². The summed E-state index contributed by atoms with van der Waals surface area (Å²) in [5, 5.41) is 0. The molecule has 0 bridgehead atoms. The molecule has 23 heavy (non-hydrogen) atoms. The van der Waals surface area contributed by atoms with Crippen molar-refractivity contribution >= 4 is 13.0 Å². The lowest BCUT2D eigenvalue weighted by molar-refractivity contribution is -0.130. The second-order valence-corrected chi connectivity index (χ2v) is 7.96. The van der Waals surface area contributed by atoms with Crippen molar-refractivity contribution in [1.82, 2.24) is 4.90 Å². The van der Waals surface area contributed by atoms with Crippen molar-refractivity contribution in [3.8, 4) is 0 Å². The average Bonchev–Trinajstić information content (AvgIpc) is 2.99. The Morgan fingerprint density at radius 2 is 1.70 bits per heavy atom. The van der Waals surface area contributed by atoms with Gasteiger partial charge in [0.2, 0.25) is 5.91 Å². The number of halogens is 1. The van der Waals surface area contributed by atoms with Gasteiger partial charge in [-0.15, -0.1) is 0 Å². The Morgan fingerprint density at radius 3 is 2.17 bits per heavy atom. The first-order valence-electron chi connectivity index (χ1n) is 8.74. The van der Waals surface area contributed by atoms with Crippen LogP contribution in [0.2, 0.25) is 0 Å². The maximum atomic E-state index is 14.8. The highest BCUT2D eigenvalue weighted by Gasteiger charge is 2.53. The van der Waals surface area contributed by atoms with E-state index in [0.717, 1.165) is 31.4 Å². The van der Waals surface area contributed by atoms with Gasteiger partial charge in [0.25, 0.3) is 0 Å². The number of carbonyl (C=O) groups is 1. The number of carbonyl (C=O) groups excluding carboxylic acids is 1. The minimum absolute atomic E-state index is 0.255. The molecule has 1 aliphatic carbocycles. The molecule has 0 radical (unpaired) electrons. The Morgan fingerprint density at radius 1 is 1.13 bits per heavy atom. The van der Waals surface area contributed by atoms with Crippen molar-refractivity contribution in [3.05, 3.63) is 11.3 Å². The van der Waals surface area contributed by atoms with Crippen LogP contribution in [0.3, 0.4) is 0 Å². The minimum atomic E-state index is -0.889. The van der Waals surface area contributed by atoms with Gasteiger partial charge in [-0.3, -0.25) is 4.79 Å². The molecule has 0 aromatic heterocycles. The van der Waals surface area contributed by atoms with Crippen LogP contribution < -0.4 is 0 Å². The molecule has 0 spiro atoms. The van der Waals surface area contributed by atoms with Gasteiger partial charge >= 0.3 is 7.12 Å². The average molecular weight is 323 g/mol. The number of hydrogen-bond acceptors (Lipinski definition) is 3. The number of nitrogens with zero attached hydrogens (tertiary/aromatic N) is 1. The summed E-state index contributed by atoms with van der Waals surface area (Å²) in [5.74, 6) is 0.258. The molecule has 0 aromatic carbocycles. The molecule has 2 saturated heterocycles. The summed E-state index contributed by atoms with van der Waals surface area (Å²) in [4.78, 5) is 13.8. The lowest BCUT2D eigenvalue weighted by Crippen LogP contribution is -2.41. The van der Waals surface area contributed by atoms with Crippen molar-refractivity contribution in [2.75, 3.05) is 6.54 Å². The van der Waals surface area contributed by atoms with Crippen LogP contribution in [0.1, 0.15) is 66.2 Å². The number of hydrogen-bond donors (Lipinski definition) is 0. The first-order chi connectivity index (χ1) is 10.7. The van der Waals surface area contributed by atoms with Crippen molar-refractivity contribution in [3.63, 3.8) is 0 Å². The molecule has 6 heteroatoms. The molecular formula is C17H27BFNO3. The SMILES string of the molecule is CC1(C)OB(C(F)=C2CCC(N3CCCC3=O)CC2)OC1(C)C. The van der Waals surface area contributed by atoms with E-state index in [2.05, 4.69) is 0 Å². The minimum Gasteiger partial charge on any atom is -0.398 e. The lowest BCUT2D eigenvalue weighted by atomic mass is 9.79. The number of likely N-dealkylation sites (tertiary alicyclic amines) is 1. The summed E-state index contributed by atoms with van der Waals surface area (Å²) < 4.78 is 26.4. The molecule has 3 rings (SSSR count). The second-order valence-electron chi connectivity index (χ2n) is 7.96. The molecular weight excluding hydrogens is 296 g/mol. The van der Waals surface area contributed by atoms with Crippen LogP contribution in [0.15, 0.2) is 11.3 Å². The molecule has 128 valence electrons. The van der Waals surface area contributed by atoms with Gasteiger partial charge in [0.05, 0.1) is 11.2 Å². The summed E-state index contributed by atoms with van der Waals surface area (Å²) in [6.45, 7) is 8.59. The largest absolute Gasteiger partial charge is 0.525 e. The summed E-state index contributed by atoms with van der Waals surface area (Å²) in [6, 6.07) is 0.278. The van der Waals surface area contributed by atoms with E-state index in [1.807, 2.05) is 32.6 Å². The van der Waals surface area contributed by atoms with E-state index in [4.69, 9.17) is 9.31 Å². The normalized spacial score (nSPS) is 30.2. The number of allylic oxidation sites excluding steroid dienone is 1. The van der Waals surface area contributed by atoms with E-state index < -0.39 is 18.3 Å². The third kappa shape index (κ3) is 3.08. The molecule has 0 N–H and O–H groups in total. The zero-order valence-electron chi connectivity index (χ0n) is 14.7. The molecule has 4 nitrogen and oxygen atoms in total. The molecule has 0 aromatic rings. The van der Waals surface area contributed by atoms with Crippen LogP contribution in [0.5, 0.6) is 0 Å². The highest BCUT2D eigenvalue weighted by Crippen LogP contribution is 2.41. The van der Waals surface area contributed by atoms with Crippen molar-refractivity contribution in [2.45, 2.75) is 83.5 Å². The zero-order chi connectivity index (χ0) is 16.8. The smallest absolute Gasteiger partial charge is 0.398 e. The second kappa shape index (κ2) is 5.89. The number of amides is 1. The van der Waals surface area contributed by atoms with E-state index in [1.54, 1.807) is 0 Å². The molecule has 1 amide bonds. The van der Waals surface area contributed by atoms with Gasteiger partial charge < -0.3 is 14.2 Å². The molecule has 1 saturated carbocycles. The number of rotatable bonds is 2. The fourth-order valence-corrected chi connectivity index (χ4v) is 3.67. The molecule has 3 fully saturated rings. The van der Waals surface area contributed by atoms with Crippen LogP contribution >= 0.6 is 0 Å². The molecule has 0 atom stereocenters. The van der Waals surface area contributed by atoms with Gasteiger partial charge in [0.1, 0.15) is 5.73 Å². The monoisotopic (exact) mass is 323 g/mol. The molecule has 0 unspecified atom stereocenters.